The predicted molar refractivity (Wildman–Crippen MR) is 64.3 cm³/mol. The second-order valence-corrected chi connectivity index (χ2v) is 5.34. The van der Waals surface area contributed by atoms with E-state index in [-0.39, 0.29) is 23.7 Å². The van der Waals surface area contributed by atoms with Gasteiger partial charge in [0.25, 0.3) is 0 Å². The second kappa shape index (κ2) is 5.53. The largest absolute Gasteiger partial charge is 0.393 e. The van der Waals surface area contributed by atoms with Gasteiger partial charge in [-0.2, -0.15) is 0 Å². The molecule has 0 unspecified atom stereocenters. The van der Waals surface area contributed by atoms with Crippen LogP contribution in [-0.2, 0) is 0 Å². The Labute approximate surface area is 97.8 Å². The molecule has 1 saturated carbocycles. The van der Waals surface area contributed by atoms with E-state index in [2.05, 4.69) is 17.6 Å². The highest BCUT2D eigenvalue weighted by atomic mass is 16.3. The molecule has 4 nitrogen and oxygen atoms in total. The number of aliphatic hydroxyl groups is 1. The van der Waals surface area contributed by atoms with Crippen LogP contribution in [0, 0.1) is 0 Å². The summed E-state index contributed by atoms with van der Waals surface area (Å²) in [6.45, 7) is 6.08. The summed E-state index contributed by atoms with van der Waals surface area (Å²) in [5.41, 5.74) is -0.154. The Kier molecular flexibility index (Phi) is 4.59. The Bertz CT molecular complexity index is 233. The number of carbonyl (C=O) groups is 1. The Balaban J connectivity index is 2.29. The first-order valence-corrected chi connectivity index (χ1v) is 6.19. The zero-order valence-corrected chi connectivity index (χ0v) is 10.5. The molecule has 16 heavy (non-hydrogen) atoms. The molecule has 1 rings (SSSR count). The van der Waals surface area contributed by atoms with E-state index < -0.39 is 0 Å². The van der Waals surface area contributed by atoms with Gasteiger partial charge in [-0.25, -0.2) is 4.79 Å². The molecule has 2 amide bonds. The van der Waals surface area contributed by atoms with Crippen molar-refractivity contribution in [3.63, 3.8) is 0 Å². The molecule has 0 atom stereocenters. The highest BCUT2D eigenvalue weighted by Crippen LogP contribution is 2.18. The van der Waals surface area contributed by atoms with Crippen LogP contribution in [0.25, 0.3) is 0 Å². The van der Waals surface area contributed by atoms with Gasteiger partial charge in [-0.3, -0.25) is 0 Å². The molecule has 0 saturated heterocycles. The van der Waals surface area contributed by atoms with Gasteiger partial charge in [0.15, 0.2) is 0 Å². The minimum Gasteiger partial charge on any atom is -0.393 e. The lowest BCUT2D eigenvalue weighted by Crippen LogP contribution is -2.51. The minimum absolute atomic E-state index is 0.0896. The molecule has 0 radical (unpaired) electrons. The number of rotatable bonds is 3. The SMILES string of the molecule is CCC(C)(C)NC(=O)NC1CCC(O)CC1. The van der Waals surface area contributed by atoms with Crippen LogP contribution in [-0.4, -0.2) is 28.8 Å². The number of hydrogen-bond donors (Lipinski definition) is 3. The predicted octanol–water partition coefficient (Wildman–Crippen LogP) is 1.78. The van der Waals surface area contributed by atoms with Crippen molar-refractivity contribution < 1.29 is 9.90 Å². The molecule has 0 aromatic rings. The summed E-state index contributed by atoms with van der Waals surface area (Å²) >= 11 is 0. The maximum absolute atomic E-state index is 11.7. The molecular weight excluding hydrogens is 204 g/mol. The Morgan fingerprint density at radius 1 is 1.31 bits per heavy atom. The summed E-state index contributed by atoms with van der Waals surface area (Å²) in [5.74, 6) is 0. The number of carbonyl (C=O) groups excluding carboxylic acids is 1. The van der Waals surface area contributed by atoms with Crippen molar-refractivity contribution in [2.45, 2.75) is 70.6 Å². The molecule has 0 aliphatic heterocycles. The van der Waals surface area contributed by atoms with Gasteiger partial charge in [0.2, 0.25) is 0 Å². The summed E-state index contributed by atoms with van der Waals surface area (Å²) in [7, 11) is 0. The molecule has 3 N–H and O–H groups in total. The van der Waals surface area contributed by atoms with Gasteiger partial charge in [-0.15, -0.1) is 0 Å². The molecule has 1 fully saturated rings. The zero-order chi connectivity index (χ0) is 12.2. The third kappa shape index (κ3) is 4.39. The Hall–Kier alpha value is -0.770. The van der Waals surface area contributed by atoms with Crippen molar-refractivity contribution in [1.82, 2.24) is 10.6 Å². The van der Waals surface area contributed by atoms with E-state index in [4.69, 9.17) is 0 Å². The van der Waals surface area contributed by atoms with E-state index in [1.54, 1.807) is 0 Å². The van der Waals surface area contributed by atoms with Crippen molar-refractivity contribution in [1.29, 1.82) is 0 Å². The van der Waals surface area contributed by atoms with Crippen LogP contribution in [0.4, 0.5) is 4.79 Å². The van der Waals surface area contributed by atoms with Crippen LogP contribution >= 0.6 is 0 Å². The van der Waals surface area contributed by atoms with E-state index in [9.17, 15) is 9.90 Å². The van der Waals surface area contributed by atoms with E-state index in [0.717, 1.165) is 32.1 Å². The standard InChI is InChI=1S/C12H24N2O2/c1-4-12(2,3)14-11(16)13-9-5-7-10(15)8-6-9/h9-10,15H,4-8H2,1-3H3,(H2,13,14,16). The van der Waals surface area contributed by atoms with Crippen molar-refractivity contribution in [2.75, 3.05) is 0 Å². The quantitative estimate of drug-likeness (QED) is 0.689. The van der Waals surface area contributed by atoms with Crippen molar-refractivity contribution in [3.05, 3.63) is 0 Å². The van der Waals surface area contributed by atoms with Crippen LogP contribution in [0.5, 0.6) is 0 Å². The first-order chi connectivity index (χ1) is 7.43. The van der Waals surface area contributed by atoms with E-state index >= 15 is 0 Å². The van der Waals surface area contributed by atoms with Crippen molar-refractivity contribution in [2.24, 2.45) is 0 Å². The summed E-state index contributed by atoms with van der Waals surface area (Å²) < 4.78 is 0. The summed E-state index contributed by atoms with van der Waals surface area (Å²) in [6.07, 6.45) is 4.07. The van der Waals surface area contributed by atoms with Crippen LogP contribution in [0.2, 0.25) is 0 Å². The minimum atomic E-state index is -0.173. The van der Waals surface area contributed by atoms with Gasteiger partial charge in [0.05, 0.1) is 6.10 Å². The highest BCUT2D eigenvalue weighted by Gasteiger charge is 2.23. The number of nitrogens with one attached hydrogen (secondary N) is 2. The fourth-order valence-electron chi connectivity index (χ4n) is 1.84. The fourth-order valence-corrected chi connectivity index (χ4v) is 1.84. The van der Waals surface area contributed by atoms with E-state index in [0.29, 0.717) is 0 Å². The normalized spacial score (nSPS) is 26.2. The summed E-state index contributed by atoms with van der Waals surface area (Å²) in [5, 5.41) is 15.3. The number of aliphatic hydroxyl groups excluding tert-OH is 1. The smallest absolute Gasteiger partial charge is 0.315 e. The Morgan fingerprint density at radius 2 is 1.88 bits per heavy atom. The zero-order valence-electron chi connectivity index (χ0n) is 10.5. The number of amides is 2. The van der Waals surface area contributed by atoms with Crippen LogP contribution in [0.3, 0.4) is 0 Å². The van der Waals surface area contributed by atoms with Gasteiger partial charge in [0, 0.05) is 11.6 Å². The molecular formula is C12H24N2O2. The number of hydrogen-bond acceptors (Lipinski definition) is 2. The van der Waals surface area contributed by atoms with Crippen molar-refractivity contribution in [3.8, 4) is 0 Å². The molecule has 0 aromatic carbocycles. The summed E-state index contributed by atoms with van der Waals surface area (Å²) in [6, 6.07) is 0.129. The average Bonchev–Trinajstić information content (AvgIpc) is 2.21. The third-order valence-corrected chi connectivity index (χ3v) is 3.37. The lowest BCUT2D eigenvalue weighted by molar-refractivity contribution is 0.117. The lowest BCUT2D eigenvalue weighted by atomic mass is 9.93. The van der Waals surface area contributed by atoms with E-state index in [1.807, 2.05) is 13.8 Å². The maximum Gasteiger partial charge on any atom is 0.315 e. The van der Waals surface area contributed by atoms with Gasteiger partial charge in [-0.1, -0.05) is 6.92 Å². The molecule has 94 valence electrons. The first kappa shape index (κ1) is 13.3. The molecule has 1 aliphatic rings. The van der Waals surface area contributed by atoms with Crippen molar-refractivity contribution >= 4 is 6.03 Å². The fraction of sp³-hybridized carbons (Fsp3) is 0.917. The average molecular weight is 228 g/mol. The first-order valence-electron chi connectivity index (χ1n) is 6.19. The second-order valence-electron chi connectivity index (χ2n) is 5.34. The van der Waals surface area contributed by atoms with Gasteiger partial charge < -0.3 is 15.7 Å². The third-order valence-electron chi connectivity index (χ3n) is 3.37. The van der Waals surface area contributed by atoms with Crippen LogP contribution in [0.15, 0.2) is 0 Å². The Morgan fingerprint density at radius 3 is 2.38 bits per heavy atom. The molecule has 4 heteroatoms. The molecule has 0 bridgehead atoms. The topological polar surface area (TPSA) is 61.4 Å². The maximum atomic E-state index is 11.7. The highest BCUT2D eigenvalue weighted by molar-refractivity contribution is 5.75. The molecule has 0 spiro atoms. The molecule has 0 heterocycles. The number of urea groups is 1. The van der Waals surface area contributed by atoms with Crippen LogP contribution < -0.4 is 10.6 Å². The molecule has 1 aliphatic carbocycles. The monoisotopic (exact) mass is 228 g/mol. The van der Waals surface area contributed by atoms with Gasteiger partial charge in [0.1, 0.15) is 0 Å². The van der Waals surface area contributed by atoms with Crippen LogP contribution in [0.1, 0.15) is 52.9 Å². The lowest BCUT2D eigenvalue weighted by Gasteiger charge is -2.29. The van der Waals surface area contributed by atoms with E-state index in [1.165, 1.54) is 0 Å². The van der Waals surface area contributed by atoms with Gasteiger partial charge in [-0.05, 0) is 46.0 Å². The molecule has 0 aromatic heterocycles. The summed E-state index contributed by atoms with van der Waals surface area (Å²) in [4.78, 5) is 11.7. The van der Waals surface area contributed by atoms with Gasteiger partial charge >= 0.3 is 6.03 Å².